The largest absolute Gasteiger partial charge is 0.345 e. The molecule has 3 rings (SSSR count). The summed E-state index contributed by atoms with van der Waals surface area (Å²) < 4.78 is 0. The van der Waals surface area contributed by atoms with Crippen molar-refractivity contribution in [2.45, 2.75) is 38.6 Å². The van der Waals surface area contributed by atoms with E-state index in [1.807, 2.05) is 18.2 Å². The molecule has 0 radical (unpaired) electrons. The van der Waals surface area contributed by atoms with Gasteiger partial charge in [-0.1, -0.05) is 73.0 Å². The summed E-state index contributed by atoms with van der Waals surface area (Å²) in [6.45, 7) is 2.08. The van der Waals surface area contributed by atoms with Gasteiger partial charge < -0.3 is 5.32 Å². The fourth-order valence-electron chi connectivity index (χ4n) is 3.21. The number of hydrogen-bond acceptors (Lipinski definition) is 1. The van der Waals surface area contributed by atoms with Gasteiger partial charge in [-0.05, 0) is 30.9 Å². The van der Waals surface area contributed by atoms with Gasteiger partial charge in [-0.3, -0.25) is 4.79 Å². The third kappa shape index (κ3) is 3.38. The lowest BCUT2D eigenvalue weighted by Crippen LogP contribution is -2.33. The van der Waals surface area contributed by atoms with E-state index in [-0.39, 0.29) is 17.9 Å². The molecule has 114 valence electrons. The normalized spacial score (nSPS) is 16.4. The number of amides is 1. The van der Waals surface area contributed by atoms with E-state index < -0.39 is 0 Å². The first-order chi connectivity index (χ1) is 10.7. The summed E-state index contributed by atoms with van der Waals surface area (Å²) in [7, 11) is 0. The maximum Gasteiger partial charge on any atom is 0.223 e. The van der Waals surface area contributed by atoms with E-state index in [2.05, 4.69) is 48.6 Å². The zero-order chi connectivity index (χ0) is 15.4. The van der Waals surface area contributed by atoms with Crippen molar-refractivity contribution in [2.24, 2.45) is 5.92 Å². The number of rotatable bonds is 4. The van der Waals surface area contributed by atoms with Crippen LogP contribution >= 0.6 is 0 Å². The Kier molecular flexibility index (Phi) is 4.57. The van der Waals surface area contributed by atoms with Crippen LogP contribution < -0.4 is 5.32 Å². The highest BCUT2D eigenvalue weighted by molar-refractivity contribution is 5.79. The highest BCUT2D eigenvalue weighted by Gasteiger charge is 2.25. The molecule has 2 aromatic carbocycles. The van der Waals surface area contributed by atoms with Crippen molar-refractivity contribution in [1.29, 1.82) is 0 Å². The second-order valence-electron chi connectivity index (χ2n) is 6.24. The topological polar surface area (TPSA) is 29.1 Å². The zero-order valence-corrected chi connectivity index (χ0v) is 13.1. The monoisotopic (exact) mass is 293 g/mol. The van der Waals surface area contributed by atoms with E-state index >= 15 is 0 Å². The average Bonchev–Trinajstić information content (AvgIpc) is 3.09. The highest BCUT2D eigenvalue weighted by Crippen LogP contribution is 2.28. The van der Waals surface area contributed by atoms with E-state index in [1.54, 1.807) is 0 Å². The summed E-state index contributed by atoms with van der Waals surface area (Å²) in [5.41, 5.74) is 3.51. The van der Waals surface area contributed by atoms with Crippen LogP contribution in [0.15, 0.2) is 54.6 Å². The van der Waals surface area contributed by atoms with Crippen LogP contribution in [0.2, 0.25) is 0 Å². The van der Waals surface area contributed by atoms with Crippen LogP contribution in [0.25, 0.3) is 0 Å². The molecule has 0 unspecified atom stereocenters. The number of hydrogen-bond donors (Lipinski definition) is 1. The van der Waals surface area contributed by atoms with Crippen molar-refractivity contribution < 1.29 is 4.79 Å². The molecule has 2 nitrogen and oxygen atoms in total. The van der Waals surface area contributed by atoms with E-state index in [9.17, 15) is 4.79 Å². The van der Waals surface area contributed by atoms with Gasteiger partial charge in [0.25, 0.3) is 0 Å². The fraction of sp³-hybridized carbons (Fsp3) is 0.350. The van der Waals surface area contributed by atoms with Crippen LogP contribution in [0.5, 0.6) is 0 Å². The van der Waals surface area contributed by atoms with E-state index in [0.717, 1.165) is 24.0 Å². The maximum atomic E-state index is 12.6. The second kappa shape index (κ2) is 6.78. The maximum absolute atomic E-state index is 12.6. The van der Waals surface area contributed by atoms with Crippen LogP contribution in [0.4, 0.5) is 0 Å². The van der Waals surface area contributed by atoms with Gasteiger partial charge in [0.2, 0.25) is 5.91 Å². The molecule has 1 atom stereocenters. The van der Waals surface area contributed by atoms with Gasteiger partial charge in [-0.25, -0.2) is 0 Å². The van der Waals surface area contributed by atoms with Crippen molar-refractivity contribution in [3.63, 3.8) is 0 Å². The Hall–Kier alpha value is -2.09. The molecule has 0 aromatic heterocycles. The molecule has 1 fully saturated rings. The lowest BCUT2D eigenvalue weighted by Gasteiger charge is -2.22. The van der Waals surface area contributed by atoms with Crippen molar-refractivity contribution in [1.82, 2.24) is 5.32 Å². The van der Waals surface area contributed by atoms with Gasteiger partial charge in [0, 0.05) is 5.92 Å². The predicted molar refractivity (Wildman–Crippen MR) is 89.6 cm³/mol. The first kappa shape index (κ1) is 14.8. The summed E-state index contributed by atoms with van der Waals surface area (Å²) in [5, 5.41) is 3.27. The first-order valence-corrected chi connectivity index (χ1v) is 8.16. The summed E-state index contributed by atoms with van der Waals surface area (Å²) in [6.07, 6.45) is 4.42. The predicted octanol–water partition coefficient (Wildman–Crippen LogP) is 4.39. The summed E-state index contributed by atoms with van der Waals surface area (Å²) in [4.78, 5) is 12.6. The molecule has 0 spiro atoms. The molecular weight excluding hydrogens is 270 g/mol. The minimum atomic E-state index is -0.0603. The third-order valence-electron chi connectivity index (χ3n) is 4.56. The molecule has 1 aliphatic carbocycles. The van der Waals surface area contributed by atoms with Gasteiger partial charge in [0.1, 0.15) is 0 Å². The molecule has 22 heavy (non-hydrogen) atoms. The summed E-state index contributed by atoms with van der Waals surface area (Å²) in [5.74, 6) is 0.392. The quantitative estimate of drug-likeness (QED) is 0.890. The number of nitrogens with one attached hydrogen (secondary N) is 1. The highest BCUT2D eigenvalue weighted by atomic mass is 16.1. The molecule has 0 heterocycles. The van der Waals surface area contributed by atoms with Gasteiger partial charge in [-0.15, -0.1) is 0 Å². The van der Waals surface area contributed by atoms with Crippen LogP contribution in [0.1, 0.15) is 48.4 Å². The van der Waals surface area contributed by atoms with Crippen LogP contribution in [0.3, 0.4) is 0 Å². The average molecular weight is 293 g/mol. The molecule has 0 saturated heterocycles. The van der Waals surface area contributed by atoms with Gasteiger partial charge in [0.05, 0.1) is 6.04 Å². The first-order valence-electron chi connectivity index (χ1n) is 8.16. The lowest BCUT2D eigenvalue weighted by molar-refractivity contribution is -0.125. The fourth-order valence-corrected chi connectivity index (χ4v) is 3.21. The number of carbonyl (C=O) groups is 1. The van der Waals surface area contributed by atoms with E-state index in [1.165, 1.54) is 18.4 Å². The number of carbonyl (C=O) groups excluding carboxylic acids is 1. The molecule has 1 amide bonds. The Bertz CT molecular complexity index is 612. The third-order valence-corrected chi connectivity index (χ3v) is 4.56. The number of aryl methyl sites for hydroxylation is 1. The molecular formula is C20H23NO. The lowest BCUT2D eigenvalue weighted by atomic mass is 9.96. The second-order valence-corrected chi connectivity index (χ2v) is 6.24. The molecule has 1 aliphatic rings. The van der Waals surface area contributed by atoms with Crippen molar-refractivity contribution in [2.75, 3.05) is 0 Å². The van der Waals surface area contributed by atoms with E-state index in [4.69, 9.17) is 0 Å². The Morgan fingerprint density at radius 1 is 0.955 bits per heavy atom. The molecule has 0 aliphatic heterocycles. The van der Waals surface area contributed by atoms with Gasteiger partial charge >= 0.3 is 0 Å². The minimum absolute atomic E-state index is 0.0603. The van der Waals surface area contributed by atoms with Crippen molar-refractivity contribution in [3.8, 4) is 0 Å². The van der Waals surface area contributed by atoms with Crippen LogP contribution in [0, 0.1) is 12.8 Å². The van der Waals surface area contributed by atoms with Crippen LogP contribution in [-0.2, 0) is 4.79 Å². The molecule has 0 bridgehead atoms. The SMILES string of the molecule is Cc1ccc([C@H](NC(=O)C2CCCC2)c2ccccc2)cc1. The Morgan fingerprint density at radius 3 is 2.18 bits per heavy atom. The van der Waals surface area contributed by atoms with Crippen LogP contribution in [-0.4, -0.2) is 5.91 Å². The summed E-state index contributed by atoms with van der Waals surface area (Å²) >= 11 is 0. The Morgan fingerprint density at radius 2 is 1.55 bits per heavy atom. The molecule has 1 saturated carbocycles. The van der Waals surface area contributed by atoms with Crippen molar-refractivity contribution >= 4 is 5.91 Å². The molecule has 2 aromatic rings. The standard InChI is InChI=1S/C20H23NO/c1-15-11-13-17(14-12-15)19(16-7-3-2-4-8-16)21-20(22)18-9-5-6-10-18/h2-4,7-8,11-14,18-19H,5-6,9-10H2,1H3,(H,21,22)/t19-/m1/s1. The van der Waals surface area contributed by atoms with E-state index in [0.29, 0.717) is 0 Å². The van der Waals surface area contributed by atoms with Gasteiger partial charge in [0.15, 0.2) is 0 Å². The Labute approximate surface area is 132 Å². The number of benzene rings is 2. The summed E-state index contributed by atoms with van der Waals surface area (Å²) in [6, 6.07) is 18.6. The molecule has 2 heteroatoms. The molecule has 1 N–H and O–H groups in total. The minimum Gasteiger partial charge on any atom is -0.345 e. The van der Waals surface area contributed by atoms with Gasteiger partial charge in [-0.2, -0.15) is 0 Å². The van der Waals surface area contributed by atoms with Crippen molar-refractivity contribution in [3.05, 3.63) is 71.3 Å². The smallest absolute Gasteiger partial charge is 0.223 e. The zero-order valence-electron chi connectivity index (χ0n) is 13.1. The Balaban J connectivity index is 1.86.